The number of rotatable bonds is 4. The summed E-state index contributed by atoms with van der Waals surface area (Å²) in [6.45, 7) is 0.586. The van der Waals surface area contributed by atoms with Gasteiger partial charge in [0.15, 0.2) is 5.69 Å². The molecule has 3 aromatic carbocycles. The first-order valence-corrected chi connectivity index (χ1v) is 9.91. The minimum atomic E-state index is 0.586. The first-order valence-electron chi connectivity index (χ1n) is 9.91. The molecule has 0 saturated heterocycles. The summed E-state index contributed by atoms with van der Waals surface area (Å²) in [5.41, 5.74) is 6.14. The summed E-state index contributed by atoms with van der Waals surface area (Å²) in [6, 6.07) is 27.8. The third-order valence-electron chi connectivity index (χ3n) is 4.91. The van der Waals surface area contributed by atoms with Crippen LogP contribution in [0.15, 0.2) is 78.9 Å². The zero-order valence-electron chi connectivity index (χ0n) is 17.4. The van der Waals surface area contributed by atoms with Crippen LogP contribution in [0.3, 0.4) is 0 Å². The van der Waals surface area contributed by atoms with E-state index in [-0.39, 0.29) is 0 Å². The lowest BCUT2D eigenvalue weighted by Gasteiger charge is -2.11. The maximum absolute atomic E-state index is 9.12. The van der Waals surface area contributed by atoms with Gasteiger partial charge in [-0.1, -0.05) is 53.6 Å². The molecule has 0 N–H and O–H groups in total. The van der Waals surface area contributed by atoms with Gasteiger partial charge in [-0.3, -0.25) is 0 Å². The summed E-state index contributed by atoms with van der Waals surface area (Å²) in [5.74, 6) is 6.39. The van der Waals surface area contributed by atoms with Crippen molar-refractivity contribution in [1.82, 2.24) is 15.0 Å². The number of anilines is 1. The molecule has 0 fully saturated rings. The maximum Gasteiger partial charge on any atom is 0.163 e. The van der Waals surface area contributed by atoms with Gasteiger partial charge in [0, 0.05) is 30.9 Å². The Labute approximate surface area is 182 Å². The molecule has 0 atom stereocenters. The Morgan fingerprint density at radius 3 is 2.16 bits per heavy atom. The lowest BCUT2D eigenvalue weighted by atomic mass is 10.1. The number of aromatic nitrogens is 3. The van der Waals surface area contributed by atoms with Crippen molar-refractivity contribution in [2.45, 2.75) is 6.54 Å². The first-order chi connectivity index (χ1) is 15.1. The van der Waals surface area contributed by atoms with Gasteiger partial charge in [-0.25, -0.2) is 4.68 Å². The van der Waals surface area contributed by atoms with Crippen molar-refractivity contribution in [2.75, 3.05) is 19.0 Å². The van der Waals surface area contributed by atoms with E-state index < -0.39 is 0 Å². The molecule has 5 heteroatoms. The summed E-state index contributed by atoms with van der Waals surface area (Å²) in [4.78, 5) is 2.05. The summed E-state index contributed by atoms with van der Waals surface area (Å²) in [5, 5.41) is 17.9. The topological polar surface area (TPSA) is 57.7 Å². The van der Waals surface area contributed by atoms with Gasteiger partial charge < -0.3 is 4.90 Å². The second-order valence-corrected chi connectivity index (χ2v) is 7.31. The minimum absolute atomic E-state index is 0.586. The summed E-state index contributed by atoms with van der Waals surface area (Å²) >= 11 is 0. The molecule has 0 amide bonds. The largest absolute Gasteiger partial charge is 0.378 e. The van der Waals surface area contributed by atoms with E-state index in [0.717, 1.165) is 28.1 Å². The van der Waals surface area contributed by atoms with Gasteiger partial charge >= 0.3 is 0 Å². The smallest absolute Gasteiger partial charge is 0.163 e. The fourth-order valence-electron chi connectivity index (χ4n) is 3.23. The van der Waals surface area contributed by atoms with Crippen LogP contribution in [0.25, 0.3) is 11.3 Å². The maximum atomic E-state index is 9.12. The van der Waals surface area contributed by atoms with Crippen LogP contribution in [0.2, 0.25) is 0 Å². The van der Waals surface area contributed by atoms with Crippen molar-refractivity contribution in [1.29, 1.82) is 5.26 Å². The average molecular weight is 403 g/mol. The molecule has 0 aliphatic rings. The van der Waals surface area contributed by atoms with E-state index in [4.69, 9.17) is 5.26 Å². The third-order valence-corrected chi connectivity index (χ3v) is 4.91. The van der Waals surface area contributed by atoms with Crippen LogP contribution in [-0.4, -0.2) is 29.1 Å². The van der Waals surface area contributed by atoms with E-state index in [1.54, 1.807) is 12.1 Å². The molecule has 0 radical (unpaired) electrons. The van der Waals surface area contributed by atoms with E-state index in [9.17, 15) is 0 Å². The van der Waals surface area contributed by atoms with E-state index in [0.29, 0.717) is 17.8 Å². The molecule has 1 heterocycles. The molecule has 1 aromatic heterocycles. The minimum Gasteiger partial charge on any atom is -0.378 e. The number of benzene rings is 3. The monoisotopic (exact) mass is 403 g/mol. The van der Waals surface area contributed by atoms with Crippen LogP contribution < -0.4 is 4.90 Å². The zero-order valence-corrected chi connectivity index (χ0v) is 17.4. The van der Waals surface area contributed by atoms with Crippen molar-refractivity contribution < 1.29 is 0 Å². The molecule has 31 heavy (non-hydrogen) atoms. The first kappa shape index (κ1) is 19.9. The molecule has 150 valence electrons. The highest BCUT2D eigenvalue weighted by molar-refractivity contribution is 5.67. The molecule has 4 aromatic rings. The predicted octanol–water partition coefficient (Wildman–Crippen LogP) is 4.33. The molecule has 0 unspecified atom stereocenters. The molecule has 4 rings (SSSR count). The van der Waals surface area contributed by atoms with Crippen LogP contribution in [0.5, 0.6) is 0 Å². The van der Waals surface area contributed by atoms with Crippen molar-refractivity contribution in [3.63, 3.8) is 0 Å². The van der Waals surface area contributed by atoms with Crippen molar-refractivity contribution in [2.24, 2.45) is 0 Å². The number of hydrogen-bond acceptors (Lipinski definition) is 4. The zero-order chi connectivity index (χ0) is 21.6. The molecule has 0 aliphatic carbocycles. The Morgan fingerprint density at radius 2 is 1.52 bits per heavy atom. The van der Waals surface area contributed by atoms with Crippen molar-refractivity contribution in [3.05, 3.63) is 101 Å². The normalized spacial score (nSPS) is 10.1. The number of nitrogens with zero attached hydrogens (tertiary/aromatic N) is 5. The van der Waals surface area contributed by atoms with Crippen LogP contribution >= 0.6 is 0 Å². The predicted molar refractivity (Wildman–Crippen MR) is 122 cm³/mol. The SMILES string of the molecule is CN(C)c1ccc(C#Cc2nnn(Cc3ccccc3)c2-c2ccc(C#N)cc2)cc1. The van der Waals surface area contributed by atoms with Gasteiger partial charge in [0.25, 0.3) is 0 Å². The Hall–Kier alpha value is -4.35. The second-order valence-electron chi connectivity index (χ2n) is 7.31. The molecule has 0 spiro atoms. The quantitative estimate of drug-likeness (QED) is 0.476. The molecule has 5 nitrogen and oxygen atoms in total. The highest BCUT2D eigenvalue weighted by Crippen LogP contribution is 2.23. The van der Waals surface area contributed by atoms with Crippen molar-refractivity contribution in [3.8, 4) is 29.2 Å². The average Bonchev–Trinajstić information content (AvgIpc) is 3.21. The Kier molecular flexibility index (Phi) is 5.78. The summed E-state index contributed by atoms with van der Waals surface area (Å²) in [6.07, 6.45) is 0. The Morgan fingerprint density at radius 1 is 0.839 bits per heavy atom. The van der Waals surface area contributed by atoms with E-state index in [1.165, 1.54) is 0 Å². The molecular weight excluding hydrogens is 382 g/mol. The van der Waals surface area contributed by atoms with Gasteiger partial charge in [0.1, 0.15) is 5.69 Å². The van der Waals surface area contributed by atoms with Gasteiger partial charge in [0.2, 0.25) is 0 Å². The van der Waals surface area contributed by atoms with Gasteiger partial charge in [-0.15, -0.1) is 5.10 Å². The van der Waals surface area contributed by atoms with Crippen LogP contribution in [-0.2, 0) is 6.54 Å². The molecule has 0 bridgehead atoms. The molecule has 0 saturated carbocycles. The standard InChI is InChI=1S/C26H21N5/c1-30(2)24-15-10-20(11-16-24)12-17-25-26(23-13-8-21(18-27)9-14-23)31(29-28-25)19-22-6-4-3-5-7-22/h3-11,13-16H,19H2,1-2H3. The summed E-state index contributed by atoms with van der Waals surface area (Å²) < 4.78 is 1.86. The number of hydrogen-bond donors (Lipinski definition) is 0. The van der Waals surface area contributed by atoms with Crippen LogP contribution in [0, 0.1) is 23.2 Å². The number of nitriles is 1. The van der Waals surface area contributed by atoms with E-state index in [2.05, 4.69) is 45.3 Å². The lowest BCUT2D eigenvalue weighted by molar-refractivity contribution is 0.655. The van der Waals surface area contributed by atoms with Gasteiger partial charge in [-0.05, 0) is 47.9 Å². The second kappa shape index (κ2) is 8.98. The van der Waals surface area contributed by atoms with Crippen LogP contribution in [0.4, 0.5) is 5.69 Å². The Balaban J connectivity index is 1.73. The highest BCUT2D eigenvalue weighted by atomic mass is 15.4. The van der Waals surface area contributed by atoms with Crippen LogP contribution in [0.1, 0.15) is 22.4 Å². The molecular formula is C26H21N5. The van der Waals surface area contributed by atoms with Gasteiger partial charge in [-0.2, -0.15) is 5.26 Å². The fourth-order valence-corrected chi connectivity index (χ4v) is 3.23. The van der Waals surface area contributed by atoms with E-state index >= 15 is 0 Å². The van der Waals surface area contributed by atoms with E-state index in [1.807, 2.05) is 73.4 Å². The molecule has 0 aliphatic heterocycles. The summed E-state index contributed by atoms with van der Waals surface area (Å²) in [7, 11) is 4.02. The fraction of sp³-hybridized carbons (Fsp3) is 0.115. The van der Waals surface area contributed by atoms with Crippen molar-refractivity contribution >= 4 is 5.69 Å². The highest BCUT2D eigenvalue weighted by Gasteiger charge is 2.14. The third kappa shape index (κ3) is 4.63. The Bertz CT molecular complexity index is 1270. The lowest BCUT2D eigenvalue weighted by Crippen LogP contribution is -2.07. The van der Waals surface area contributed by atoms with Gasteiger partial charge in [0.05, 0.1) is 18.2 Å².